The summed E-state index contributed by atoms with van der Waals surface area (Å²) in [5, 5.41) is 0. The van der Waals surface area contributed by atoms with Crippen molar-refractivity contribution in [2.75, 3.05) is 0 Å². The van der Waals surface area contributed by atoms with Crippen molar-refractivity contribution < 1.29 is 0 Å². The number of rotatable bonds is 21. The standard InChI is InChI=1S/C50H56S5/c1-4-7-10-15-26-38-33-45(36-22-18-13-19-23-36)53-48(38)42-30-29-41(51-42)47-35-40(28-17-12-9-6-3)50(55-47)44-32-31-43(52-44)49-39(27-16-11-8-5-2)34-46(54-49)37-24-20-14-21-25-37/h13-14,18-25,29-35H,4-12,15-17,26-28H2,1-3H3. The summed E-state index contributed by atoms with van der Waals surface area (Å²) in [6.45, 7) is 6.92. The lowest BCUT2D eigenvalue weighted by molar-refractivity contribution is 0.668. The molecule has 0 bridgehead atoms. The minimum absolute atomic E-state index is 1.16. The van der Waals surface area contributed by atoms with E-state index in [-0.39, 0.29) is 0 Å². The molecule has 0 aliphatic rings. The average Bonchev–Trinajstić information content (AvgIpc) is 4.07. The zero-order chi connectivity index (χ0) is 37.8. The fourth-order valence-corrected chi connectivity index (χ4v) is 13.7. The Morgan fingerprint density at radius 1 is 0.309 bits per heavy atom. The Morgan fingerprint density at radius 2 is 0.655 bits per heavy atom. The highest BCUT2D eigenvalue weighted by Gasteiger charge is 2.20. The fraction of sp³-hybridized carbons (Fsp3) is 0.360. The van der Waals surface area contributed by atoms with E-state index in [9.17, 15) is 0 Å². The van der Waals surface area contributed by atoms with Gasteiger partial charge in [0.05, 0.1) is 0 Å². The highest BCUT2D eigenvalue weighted by atomic mass is 32.1. The molecular weight excluding hydrogens is 761 g/mol. The molecule has 0 N–H and O–H groups in total. The minimum atomic E-state index is 1.16. The zero-order valence-corrected chi connectivity index (χ0v) is 37.0. The van der Waals surface area contributed by atoms with Crippen molar-refractivity contribution >= 4 is 56.7 Å². The molecule has 2 aromatic carbocycles. The number of hydrogen-bond acceptors (Lipinski definition) is 5. The van der Waals surface area contributed by atoms with E-state index >= 15 is 0 Å². The van der Waals surface area contributed by atoms with Crippen molar-refractivity contribution in [2.24, 2.45) is 0 Å². The number of unbranched alkanes of at least 4 members (excludes halogenated alkanes) is 9. The van der Waals surface area contributed by atoms with Gasteiger partial charge >= 0.3 is 0 Å². The van der Waals surface area contributed by atoms with Gasteiger partial charge in [0.15, 0.2) is 0 Å². The second kappa shape index (κ2) is 20.4. The maximum Gasteiger partial charge on any atom is 0.0481 e. The maximum absolute atomic E-state index is 2.55. The van der Waals surface area contributed by atoms with E-state index in [0.29, 0.717) is 0 Å². The van der Waals surface area contributed by atoms with Crippen molar-refractivity contribution in [1.82, 2.24) is 0 Å². The molecule has 0 spiro atoms. The first-order chi connectivity index (χ1) is 27.1. The van der Waals surface area contributed by atoms with Crippen LogP contribution in [0.15, 0.2) is 103 Å². The summed E-state index contributed by atoms with van der Waals surface area (Å²) in [4.78, 5) is 14.3. The van der Waals surface area contributed by atoms with E-state index < -0.39 is 0 Å². The van der Waals surface area contributed by atoms with Gasteiger partial charge in [0.2, 0.25) is 0 Å². The van der Waals surface area contributed by atoms with Gasteiger partial charge in [-0.1, -0.05) is 139 Å². The molecule has 7 rings (SSSR count). The van der Waals surface area contributed by atoms with Gasteiger partial charge < -0.3 is 0 Å². The molecular formula is C50H56S5. The highest BCUT2D eigenvalue weighted by Crippen LogP contribution is 2.49. The molecule has 0 radical (unpaired) electrons. The van der Waals surface area contributed by atoms with Gasteiger partial charge in [0.25, 0.3) is 0 Å². The van der Waals surface area contributed by atoms with Crippen molar-refractivity contribution in [2.45, 2.75) is 117 Å². The lowest BCUT2D eigenvalue weighted by atomic mass is 10.0. The molecule has 0 atom stereocenters. The first-order valence-corrected chi connectivity index (χ1v) is 24.9. The maximum atomic E-state index is 2.55. The van der Waals surface area contributed by atoms with Crippen LogP contribution >= 0.6 is 56.7 Å². The largest absolute Gasteiger partial charge is 0.134 e. The van der Waals surface area contributed by atoms with Gasteiger partial charge in [-0.05, 0) is 109 Å². The van der Waals surface area contributed by atoms with Crippen molar-refractivity contribution in [3.8, 4) is 59.9 Å². The summed E-state index contributed by atoms with van der Waals surface area (Å²) in [6, 6.07) is 39.1. The molecule has 0 fully saturated rings. The Labute approximate surface area is 351 Å². The predicted octanol–water partition coefficient (Wildman–Crippen LogP) is 18.4. The summed E-state index contributed by atoms with van der Waals surface area (Å²) >= 11 is 10.0. The molecule has 5 heterocycles. The molecule has 0 aliphatic carbocycles. The molecule has 0 aliphatic heterocycles. The Balaban J connectivity index is 1.20. The topological polar surface area (TPSA) is 0 Å². The summed E-state index contributed by atoms with van der Waals surface area (Å²) in [5.41, 5.74) is 7.25. The minimum Gasteiger partial charge on any atom is -0.134 e. The van der Waals surface area contributed by atoms with Gasteiger partial charge in [-0.25, -0.2) is 0 Å². The Kier molecular flexibility index (Phi) is 14.9. The van der Waals surface area contributed by atoms with Crippen molar-refractivity contribution in [3.63, 3.8) is 0 Å². The second-order valence-corrected chi connectivity index (χ2v) is 20.2. The van der Waals surface area contributed by atoms with E-state index in [4.69, 9.17) is 0 Å². The van der Waals surface area contributed by atoms with Crippen LogP contribution in [-0.2, 0) is 19.3 Å². The molecule has 0 saturated carbocycles. The van der Waals surface area contributed by atoms with E-state index in [1.165, 1.54) is 154 Å². The number of thiophene rings is 5. The Morgan fingerprint density at radius 3 is 1.05 bits per heavy atom. The SMILES string of the molecule is CCCCCCc1cc(-c2ccccc2)sc1-c1ccc(-c2cc(CCCCCC)c(-c3ccc(-c4sc(-c5ccccc5)cc4CCCCCC)s3)s2)s1. The first-order valence-electron chi connectivity index (χ1n) is 20.8. The van der Waals surface area contributed by atoms with E-state index in [2.05, 4.69) is 124 Å². The van der Waals surface area contributed by atoms with Crippen LogP contribution in [0, 0.1) is 0 Å². The number of benzene rings is 2. The fourth-order valence-electron chi connectivity index (χ4n) is 7.48. The molecule has 286 valence electrons. The molecule has 5 aromatic heterocycles. The summed E-state index contributed by atoms with van der Waals surface area (Å²) in [7, 11) is 0. The monoisotopic (exact) mass is 816 g/mol. The Hall–Kier alpha value is -3.06. The third-order valence-electron chi connectivity index (χ3n) is 10.6. The first kappa shape index (κ1) is 40.1. The average molecular weight is 817 g/mol. The number of aryl methyl sites for hydroxylation is 3. The Bertz CT molecular complexity index is 2180. The van der Waals surface area contributed by atoms with Crippen LogP contribution in [-0.4, -0.2) is 0 Å². The summed E-state index contributed by atoms with van der Waals surface area (Å²) in [5.74, 6) is 0. The van der Waals surface area contributed by atoms with E-state index in [1.807, 2.05) is 56.7 Å². The van der Waals surface area contributed by atoms with Crippen LogP contribution in [0.2, 0.25) is 0 Å². The predicted molar refractivity (Wildman–Crippen MR) is 252 cm³/mol. The lowest BCUT2D eigenvalue weighted by Gasteiger charge is -2.03. The molecule has 5 heteroatoms. The van der Waals surface area contributed by atoms with Gasteiger partial charge in [-0.15, -0.1) is 56.7 Å². The van der Waals surface area contributed by atoms with E-state index in [1.54, 1.807) is 0 Å². The summed E-state index contributed by atoms with van der Waals surface area (Å²) in [6.07, 6.45) is 19.0. The molecule has 55 heavy (non-hydrogen) atoms. The van der Waals surface area contributed by atoms with Crippen LogP contribution in [0.5, 0.6) is 0 Å². The van der Waals surface area contributed by atoms with Crippen LogP contribution in [0.1, 0.15) is 115 Å². The third-order valence-corrected chi connectivity index (χ3v) is 17.1. The van der Waals surface area contributed by atoms with Gasteiger partial charge in [0, 0.05) is 48.8 Å². The smallest absolute Gasteiger partial charge is 0.0481 e. The van der Waals surface area contributed by atoms with Crippen molar-refractivity contribution in [3.05, 3.63) is 120 Å². The van der Waals surface area contributed by atoms with Crippen LogP contribution in [0.4, 0.5) is 0 Å². The molecule has 0 unspecified atom stereocenters. The molecule has 0 saturated heterocycles. The third kappa shape index (κ3) is 10.3. The lowest BCUT2D eigenvalue weighted by Crippen LogP contribution is -1.85. The summed E-state index contributed by atoms with van der Waals surface area (Å²) < 4.78 is 0. The normalized spacial score (nSPS) is 11.5. The van der Waals surface area contributed by atoms with Crippen LogP contribution in [0.25, 0.3) is 59.9 Å². The van der Waals surface area contributed by atoms with Gasteiger partial charge in [0.1, 0.15) is 0 Å². The van der Waals surface area contributed by atoms with Crippen LogP contribution in [0.3, 0.4) is 0 Å². The van der Waals surface area contributed by atoms with Crippen LogP contribution < -0.4 is 0 Å². The zero-order valence-electron chi connectivity index (χ0n) is 33.0. The van der Waals surface area contributed by atoms with E-state index in [0.717, 1.165) is 19.3 Å². The van der Waals surface area contributed by atoms with Crippen molar-refractivity contribution in [1.29, 1.82) is 0 Å². The molecule has 7 aromatic rings. The quantitative estimate of drug-likeness (QED) is 0.0634. The second-order valence-electron chi connectivity index (χ2n) is 14.9. The van der Waals surface area contributed by atoms with Gasteiger partial charge in [-0.2, -0.15) is 0 Å². The van der Waals surface area contributed by atoms with Gasteiger partial charge in [-0.3, -0.25) is 0 Å². The highest BCUT2D eigenvalue weighted by molar-refractivity contribution is 7.30. The molecule has 0 nitrogen and oxygen atoms in total. The number of hydrogen-bond donors (Lipinski definition) is 0. The molecule has 0 amide bonds.